The van der Waals surface area contributed by atoms with Crippen LogP contribution < -0.4 is 11.1 Å². The van der Waals surface area contributed by atoms with Crippen LogP contribution in [0, 0.1) is 11.6 Å². The number of hydrogen-bond donors (Lipinski definition) is 2. The van der Waals surface area contributed by atoms with Gasteiger partial charge in [-0.3, -0.25) is 4.79 Å². The molecule has 8 heteroatoms. The summed E-state index contributed by atoms with van der Waals surface area (Å²) in [4.78, 5) is 15.7. The molecule has 1 amide bonds. The summed E-state index contributed by atoms with van der Waals surface area (Å²) in [7, 11) is 0. The van der Waals surface area contributed by atoms with Crippen molar-refractivity contribution in [3.63, 3.8) is 0 Å². The van der Waals surface area contributed by atoms with Gasteiger partial charge < -0.3 is 11.1 Å². The first-order valence-corrected chi connectivity index (χ1v) is 8.44. The number of nitrogens with zero attached hydrogens (tertiary/aromatic N) is 3. The largest absolute Gasteiger partial charge is 0.366 e. The van der Waals surface area contributed by atoms with Crippen molar-refractivity contribution < 1.29 is 13.6 Å². The third-order valence-corrected chi connectivity index (χ3v) is 4.27. The summed E-state index contributed by atoms with van der Waals surface area (Å²) >= 11 is 0. The Balaban J connectivity index is 1.65. The summed E-state index contributed by atoms with van der Waals surface area (Å²) in [5.74, 6) is -1.07. The Morgan fingerprint density at radius 3 is 2.79 bits per heavy atom. The predicted octanol–water partition coefficient (Wildman–Crippen LogP) is 3.39. The van der Waals surface area contributed by atoms with Crippen LogP contribution in [0.4, 0.5) is 14.6 Å². The SMILES string of the molecule is NC(=O)c1cccc(-c2cnc3ccc(NCc4cc(F)ccc4F)nn23)c1. The normalized spacial score (nSPS) is 10.9. The van der Waals surface area contributed by atoms with Crippen molar-refractivity contribution in [2.24, 2.45) is 5.73 Å². The summed E-state index contributed by atoms with van der Waals surface area (Å²) < 4.78 is 28.7. The van der Waals surface area contributed by atoms with Crippen LogP contribution in [0.5, 0.6) is 0 Å². The maximum atomic E-state index is 13.8. The first kappa shape index (κ1) is 17.6. The van der Waals surface area contributed by atoms with E-state index in [1.54, 1.807) is 41.0 Å². The number of benzene rings is 2. The molecule has 6 nitrogen and oxygen atoms in total. The lowest BCUT2D eigenvalue weighted by Gasteiger charge is -2.08. The number of anilines is 1. The van der Waals surface area contributed by atoms with Gasteiger partial charge in [-0.25, -0.2) is 18.3 Å². The number of nitrogens with two attached hydrogens (primary N) is 1. The molecule has 0 aliphatic heterocycles. The van der Waals surface area contributed by atoms with Crippen LogP contribution >= 0.6 is 0 Å². The van der Waals surface area contributed by atoms with E-state index in [1.165, 1.54) is 0 Å². The molecule has 2 aromatic heterocycles. The summed E-state index contributed by atoms with van der Waals surface area (Å²) in [5, 5.41) is 7.44. The van der Waals surface area contributed by atoms with Crippen LogP contribution in [-0.2, 0) is 6.54 Å². The van der Waals surface area contributed by atoms with E-state index in [0.717, 1.165) is 23.8 Å². The number of aromatic nitrogens is 3. The molecule has 0 fully saturated rings. The topological polar surface area (TPSA) is 85.3 Å². The number of halogens is 2. The minimum Gasteiger partial charge on any atom is -0.366 e. The lowest BCUT2D eigenvalue weighted by Crippen LogP contribution is -2.10. The highest BCUT2D eigenvalue weighted by Crippen LogP contribution is 2.22. The quantitative estimate of drug-likeness (QED) is 0.557. The molecule has 0 radical (unpaired) electrons. The molecule has 0 spiro atoms. The molecule has 0 atom stereocenters. The molecule has 0 unspecified atom stereocenters. The van der Waals surface area contributed by atoms with Gasteiger partial charge >= 0.3 is 0 Å². The monoisotopic (exact) mass is 379 g/mol. The Labute approximate surface area is 158 Å². The number of imidazole rings is 1. The van der Waals surface area contributed by atoms with Crippen LogP contribution in [0.3, 0.4) is 0 Å². The van der Waals surface area contributed by atoms with E-state index >= 15 is 0 Å². The number of hydrogen-bond acceptors (Lipinski definition) is 4. The number of carbonyl (C=O) groups excluding carboxylic acids is 1. The van der Waals surface area contributed by atoms with E-state index in [-0.39, 0.29) is 12.1 Å². The first-order chi connectivity index (χ1) is 13.5. The predicted molar refractivity (Wildman–Crippen MR) is 101 cm³/mol. The maximum Gasteiger partial charge on any atom is 0.248 e. The fraction of sp³-hybridized carbons (Fsp3) is 0.0500. The van der Waals surface area contributed by atoms with E-state index < -0.39 is 17.5 Å². The van der Waals surface area contributed by atoms with E-state index in [9.17, 15) is 13.6 Å². The smallest absolute Gasteiger partial charge is 0.248 e. The van der Waals surface area contributed by atoms with Crippen molar-refractivity contribution in [2.45, 2.75) is 6.54 Å². The van der Waals surface area contributed by atoms with Gasteiger partial charge in [0.15, 0.2) is 5.65 Å². The molecule has 0 bridgehead atoms. The number of fused-ring (bicyclic) bond motifs is 1. The van der Waals surface area contributed by atoms with Gasteiger partial charge in [0.1, 0.15) is 17.5 Å². The van der Waals surface area contributed by atoms with Gasteiger partial charge in [-0.1, -0.05) is 12.1 Å². The molecule has 4 rings (SSSR count). The Morgan fingerprint density at radius 1 is 1.11 bits per heavy atom. The molecule has 140 valence electrons. The zero-order valence-corrected chi connectivity index (χ0v) is 14.6. The fourth-order valence-corrected chi connectivity index (χ4v) is 2.86. The average molecular weight is 379 g/mol. The van der Waals surface area contributed by atoms with Gasteiger partial charge in [-0.2, -0.15) is 0 Å². The van der Waals surface area contributed by atoms with Crippen LogP contribution in [0.25, 0.3) is 16.9 Å². The third kappa shape index (κ3) is 3.39. The van der Waals surface area contributed by atoms with Gasteiger partial charge in [0, 0.05) is 23.2 Å². The van der Waals surface area contributed by atoms with E-state index in [1.807, 2.05) is 6.07 Å². The maximum absolute atomic E-state index is 13.8. The summed E-state index contributed by atoms with van der Waals surface area (Å²) in [6.07, 6.45) is 1.64. The lowest BCUT2D eigenvalue weighted by molar-refractivity contribution is 0.100. The summed E-state index contributed by atoms with van der Waals surface area (Å²) in [6, 6.07) is 13.6. The Kier molecular flexibility index (Phi) is 4.44. The number of nitrogens with one attached hydrogen (secondary N) is 1. The molecule has 0 saturated heterocycles. The molecule has 0 saturated carbocycles. The Bertz CT molecular complexity index is 1190. The van der Waals surface area contributed by atoms with Crippen molar-refractivity contribution in [2.75, 3.05) is 5.32 Å². The minimum absolute atomic E-state index is 0.0727. The Morgan fingerprint density at radius 2 is 1.96 bits per heavy atom. The molecule has 3 N–H and O–H groups in total. The van der Waals surface area contributed by atoms with Crippen LogP contribution in [0.2, 0.25) is 0 Å². The van der Waals surface area contributed by atoms with Crippen molar-refractivity contribution in [3.8, 4) is 11.3 Å². The molecule has 2 aromatic carbocycles. The second-order valence-corrected chi connectivity index (χ2v) is 6.17. The van der Waals surface area contributed by atoms with E-state index in [4.69, 9.17) is 5.73 Å². The first-order valence-electron chi connectivity index (χ1n) is 8.44. The number of carbonyl (C=O) groups is 1. The number of primary amides is 1. The minimum atomic E-state index is -0.525. The van der Waals surface area contributed by atoms with Crippen molar-refractivity contribution in [3.05, 3.63) is 83.6 Å². The molecule has 0 aliphatic rings. The van der Waals surface area contributed by atoms with Crippen molar-refractivity contribution in [1.29, 1.82) is 0 Å². The zero-order chi connectivity index (χ0) is 19.7. The molecular weight excluding hydrogens is 364 g/mol. The molecule has 2 heterocycles. The molecule has 4 aromatic rings. The van der Waals surface area contributed by atoms with Crippen molar-refractivity contribution in [1.82, 2.24) is 14.6 Å². The molecular formula is C20H15F2N5O. The van der Waals surface area contributed by atoms with Gasteiger partial charge in [0.05, 0.1) is 11.9 Å². The van der Waals surface area contributed by atoms with Crippen LogP contribution in [0.1, 0.15) is 15.9 Å². The van der Waals surface area contributed by atoms with Gasteiger partial charge in [-0.05, 0) is 42.5 Å². The third-order valence-electron chi connectivity index (χ3n) is 4.27. The highest BCUT2D eigenvalue weighted by molar-refractivity contribution is 5.94. The molecule has 0 aliphatic carbocycles. The highest BCUT2D eigenvalue weighted by atomic mass is 19.1. The lowest BCUT2D eigenvalue weighted by atomic mass is 10.1. The van der Waals surface area contributed by atoms with Gasteiger partial charge in [-0.15, -0.1) is 5.10 Å². The van der Waals surface area contributed by atoms with Gasteiger partial charge in [0.2, 0.25) is 5.91 Å². The van der Waals surface area contributed by atoms with Crippen LogP contribution in [0.15, 0.2) is 60.8 Å². The summed E-state index contributed by atoms with van der Waals surface area (Å²) in [6.45, 7) is 0.0727. The number of rotatable bonds is 5. The Hall–Kier alpha value is -3.81. The van der Waals surface area contributed by atoms with E-state index in [2.05, 4.69) is 15.4 Å². The fourth-order valence-electron chi connectivity index (χ4n) is 2.86. The van der Waals surface area contributed by atoms with Crippen LogP contribution in [-0.4, -0.2) is 20.5 Å². The molecule has 28 heavy (non-hydrogen) atoms. The highest BCUT2D eigenvalue weighted by Gasteiger charge is 2.11. The van der Waals surface area contributed by atoms with E-state index in [0.29, 0.717) is 22.7 Å². The average Bonchev–Trinajstić information content (AvgIpc) is 3.12. The second kappa shape index (κ2) is 7.07. The van der Waals surface area contributed by atoms with Crippen molar-refractivity contribution >= 4 is 17.4 Å². The van der Waals surface area contributed by atoms with Gasteiger partial charge in [0.25, 0.3) is 0 Å². The standard InChI is InChI=1S/C20H15F2N5O/c21-15-4-5-16(22)14(9-15)10-24-18-6-7-19-25-11-17(27(19)26-18)12-2-1-3-13(8-12)20(23)28/h1-9,11H,10H2,(H2,23,28)(H,24,26). The second-order valence-electron chi connectivity index (χ2n) is 6.17. The zero-order valence-electron chi connectivity index (χ0n) is 14.6. The number of amides is 1. The summed E-state index contributed by atoms with van der Waals surface area (Å²) in [5.41, 5.74) is 7.91.